The molecule has 2 aromatic carbocycles. The molecule has 0 spiro atoms. The summed E-state index contributed by atoms with van der Waals surface area (Å²) in [5.74, 6) is -0.434. The van der Waals surface area contributed by atoms with Crippen LogP contribution in [0.3, 0.4) is 0 Å². The van der Waals surface area contributed by atoms with E-state index in [9.17, 15) is 9.59 Å². The van der Waals surface area contributed by atoms with E-state index in [1.165, 1.54) is 5.01 Å². The van der Waals surface area contributed by atoms with Crippen LogP contribution in [0.15, 0.2) is 59.7 Å². The van der Waals surface area contributed by atoms with E-state index in [-0.39, 0.29) is 24.7 Å². The molecule has 0 bridgehead atoms. The number of hydrazone groups is 1. The smallest absolute Gasteiger partial charge is 0.243 e. The summed E-state index contributed by atoms with van der Waals surface area (Å²) in [5, 5.41) is 17.4. The van der Waals surface area contributed by atoms with Gasteiger partial charge >= 0.3 is 0 Å². The second-order valence-corrected chi connectivity index (χ2v) is 5.92. The number of carbonyl (C=O) groups is 2. The van der Waals surface area contributed by atoms with Crippen LogP contribution >= 0.6 is 0 Å². The maximum absolute atomic E-state index is 12.3. The number of nitriles is 1. The van der Waals surface area contributed by atoms with Crippen molar-refractivity contribution in [1.82, 2.24) is 5.01 Å². The summed E-state index contributed by atoms with van der Waals surface area (Å²) >= 11 is 0. The monoisotopic (exact) mass is 346 g/mol. The molecule has 0 fully saturated rings. The van der Waals surface area contributed by atoms with Crippen LogP contribution in [0, 0.1) is 11.3 Å². The first-order chi connectivity index (χ1) is 12.7. The van der Waals surface area contributed by atoms with Crippen LogP contribution in [-0.4, -0.2) is 29.1 Å². The Kier molecular flexibility index (Phi) is 5.40. The molecule has 130 valence electrons. The van der Waals surface area contributed by atoms with Crippen molar-refractivity contribution in [2.75, 3.05) is 11.9 Å². The number of benzene rings is 2. The zero-order chi connectivity index (χ0) is 18.4. The van der Waals surface area contributed by atoms with Crippen molar-refractivity contribution in [3.63, 3.8) is 0 Å². The molecule has 0 aromatic heterocycles. The summed E-state index contributed by atoms with van der Waals surface area (Å²) < 4.78 is 0. The maximum atomic E-state index is 12.3. The third-order valence-electron chi connectivity index (χ3n) is 4.04. The van der Waals surface area contributed by atoms with Gasteiger partial charge < -0.3 is 5.32 Å². The molecule has 2 amide bonds. The van der Waals surface area contributed by atoms with Crippen molar-refractivity contribution in [2.24, 2.45) is 5.10 Å². The molecule has 2 aromatic rings. The van der Waals surface area contributed by atoms with Gasteiger partial charge in [-0.1, -0.05) is 36.4 Å². The number of hydrogen-bond acceptors (Lipinski definition) is 4. The molecule has 0 atom stereocenters. The van der Waals surface area contributed by atoms with Gasteiger partial charge in [-0.05, 0) is 23.8 Å². The molecule has 0 unspecified atom stereocenters. The molecule has 3 rings (SSSR count). The number of carbonyl (C=O) groups excluding carboxylic acids is 2. The molecule has 0 saturated heterocycles. The number of amides is 2. The van der Waals surface area contributed by atoms with Crippen LogP contribution in [0.5, 0.6) is 0 Å². The fraction of sp³-hybridized carbons (Fsp3) is 0.200. The van der Waals surface area contributed by atoms with Crippen molar-refractivity contribution in [3.05, 3.63) is 65.7 Å². The van der Waals surface area contributed by atoms with Gasteiger partial charge in [0.2, 0.25) is 11.8 Å². The van der Waals surface area contributed by atoms with Gasteiger partial charge in [-0.2, -0.15) is 10.4 Å². The predicted octanol–water partition coefficient (Wildman–Crippen LogP) is 2.91. The minimum absolute atomic E-state index is 0.0717. The number of nitrogens with zero attached hydrogens (tertiary/aromatic N) is 3. The van der Waals surface area contributed by atoms with Crippen LogP contribution < -0.4 is 5.32 Å². The lowest BCUT2D eigenvalue weighted by Crippen LogP contribution is -2.25. The number of anilines is 1. The third kappa shape index (κ3) is 4.33. The third-order valence-corrected chi connectivity index (χ3v) is 4.04. The molecule has 6 nitrogen and oxygen atoms in total. The minimum Gasteiger partial charge on any atom is -0.326 e. The van der Waals surface area contributed by atoms with Crippen molar-refractivity contribution in [1.29, 1.82) is 5.26 Å². The van der Waals surface area contributed by atoms with Gasteiger partial charge in [0.25, 0.3) is 0 Å². The number of hydrogen-bond donors (Lipinski definition) is 1. The minimum atomic E-state index is -0.264. The Morgan fingerprint density at radius 1 is 1.12 bits per heavy atom. The van der Waals surface area contributed by atoms with E-state index in [0.717, 1.165) is 11.3 Å². The highest BCUT2D eigenvalue weighted by Gasteiger charge is 2.21. The summed E-state index contributed by atoms with van der Waals surface area (Å²) in [6.45, 7) is 0.537. The predicted molar refractivity (Wildman–Crippen MR) is 98.3 cm³/mol. The van der Waals surface area contributed by atoms with Gasteiger partial charge in [0.05, 0.1) is 23.9 Å². The molecular formula is C20H18N4O2. The Bertz CT molecular complexity index is 884. The summed E-state index contributed by atoms with van der Waals surface area (Å²) in [7, 11) is 0. The Morgan fingerprint density at radius 2 is 1.92 bits per heavy atom. The van der Waals surface area contributed by atoms with E-state index in [1.807, 2.05) is 36.4 Å². The number of rotatable bonds is 5. The quantitative estimate of drug-likeness (QED) is 0.903. The van der Waals surface area contributed by atoms with Crippen molar-refractivity contribution in [2.45, 2.75) is 19.3 Å². The molecule has 0 aliphatic carbocycles. The van der Waals surface area contributed by atoms with Gasteiger partial charge in [-0.25, -0.2) is 5.01 Å². The fourth-order valence-electron chi connectivity index (χ4n) is 2.71. The summed E-state index contributed by atoms with van der Waals surface area (Å²) in [4.78, 5) is 24.3. The van der Waals surface area contributed by atoms with Gasteiger partial charge in [0.15, 0.2) is 0 Å². The molecule has 0 saturated carbocycles. The summed E-state index contributed by atoms with van der Waals surface area (Å²) in [5.41, 5.74) is 2.92. The molecule has 26 heavy (non-hydrogen) atoms. The largest absolute Gasteiger partial charge is 0.326 e. The van der Waals surface area contributed by atoms with Crippen LogP contribution in [0.25, 0.3) is 0 Å². The van der Waals surface area contributed by atoms with Gasteiger partial charge in [-0.15, -0.1) is 0 Å². The lowest BCUT2D eigenvalue weighted by Gasteiger charge is -2.11. The highest BCUT2D eigenvalue weighted by atomic mass is 16.2. The molecular weight excluding hydrogens is 328 g/mol. The van der Waals surface area contributed by atoms with Crippen molar-refractivity contribution < 1.29 is 9.59 Å². The van der Waals surface area contributed by atoms with Crippen molar-refractivity contribution in [3.8, 4) is 6.07 Å². The Hall–Kier alpha value is -3.46. The van der Waals surface area contributed by atoms with Crippen LogP contribution in [0.1, 0.15) is 30.4 Å². The molecule has 1 aliphatic rings. The average molecular weight is 346 g/mol. The molecule has 1 N–H and O–H groups in total. The van der Waals surface area contributed by atoms with Crippen LogP contribution in [0.4, 0.5) is 5.69 Å². The highest BCUT2D eigenvalue weighted by Crippen LogP contribution is 2.15. The van der Waals surface area contributed by atoms with Crippen molar-refractivity contribution >= 4 is 23.2 Å². The Balaban J connectivity index is 1.52. The summed E-state index contributed by atoms with van der Waals surface area (Å²) in [6.07, 6.45) is 0.876. The van der Waals surface area contributed by atoms with Crippen LogP contribution in [0.2, 0.25) is 0 Å². The lowest BCUT2D eigenvalue weighted by molar-refractivity contribution is -0.132. The first-order valence-corrected chi connectivity index (χ1v) is 8.39. The Labute approximate surface area is 151 Å². The molecule has 1 aliphatic heterocycles. The zero-order valence-electron chi connectivity index (χ0n) is 14.2. The van der Waals surface area contributed by atoms with Gasteiger partial charge in [0.1, 0.15) is 0 Å². The normalized spacial score (nSPS) is 13.0. The van der Waals surface area contributed by atoms with Crippen LogP contribution in [-0.2, 0) is 9.59 Å². The first-order valence-electron chi connectivity index (χ1n) is 8.39. The lowest BCUT2D eigenvalue weighted by atomic mass is 10.1. The number of nitrogens with one attached hydrogen (secondary N) is 1. The van der Waals surface area contributed by atoms with E-state index in [1.54, 1.807) is 24.3 Å². The van der Waals surface area contributed by atoms with Gasteiger partial charge in [-0.3, -0.25) is 9.59 Å². The topological polar surface area (TPSA) is 85.6 Å². The zero-order valence-corrected chi connectivity index (χ0v) is 14.2. The highest BCUT2D eigenvalue weighted by molar-refractivity contribution is 6.02. The SMILES string of the molecule is N#Cc1cccc(NC(=O)CCC(=O)N2CCC(c3ccccc3)=N2)c1. The van der Waals surface area contributed by atoms with E-state index in [0.29, 0.717) is 24.2 Å². The standard InChI is InChI=1S/C20H18N4O2/c21-14-15-5-4-8-17(13-15)22-19(25)9-10-20(26)24-12-11-18(23-24)16-6-2-1-3-7-16/h1-8,13H,9-12H2,(H,22,25). The maximum Gasteiger partial charge on any atom is 0.243 e. The second kappa shape index (κ2) is 8.08. The second-order valence-electron chi connectivity index (χ2n) is 5.92. The van der Waals surface area contributed by atoms with Gasteiger partial charge in [0, 0.05) is 24.9 Å². The average Bonchev–Trinajstić information content (AvgIpc) is 3.17. The molecule has 1 heterocycles. The van der Waals surface area contributed by atoms with E-state index in [4.69, 9.17) is 5.26 Å². The first kappa shape index (κ1) is 17.4. The molecule has 0 radical (unpaired) electrons. The molecule has 6 heteroatoms. The fourth-order valence-corrected chi connectivity index (χ4v) is 2.71. The van der Waals surface area contributed by atoms with E-state index >= 15 is 0 Å². The Morgan fingerprint density at radius 3 is 2.69 bits per heavy atom. The van der Waals surface area contributed by atoms with E-state index < -0.39 is 0 Å². The van der Waals surface area contributed by atoms with E-state index in [2.05, 4.69) is 10.4 Å². The summed E-state index contributed by atoms with van der Waals surface area (Å²) in [6, 6.07) is 18.4.